The molecule has 7 heteroatoms. The van der Waals surface area contributed by atoms with Crippen molar-refractivity contribution >= 4 is 31.4 Å². The minimum atomic E-state index is -3.67. The maximum atomic E-state index is 10.7. The normalized spacial score (nSPS) is 16.5. The van der Waals surface area contributed by atoms with Gasteiger partial charge in [0, 0.05) is 3.57 Å². The van der Waals surface area contributed by atoms with Crippen LogP contribution in [0.3, 0.4) is 0 Å². The Morgan fingerprint density at radius 1 is 1.00 bits per heavy atom. The number of hydrogen-bond donors (Lipinski definition) is 2. The molecule has 0 heterocycles. The van der Waals surface area contributed by atoms with Crippen molar-refractivity contribution < 1.29 is 11.5 Å². The Kier molecular flexibility index (Phi) is 7.05. The number of halogens is 1. The molecule has 0 radical (unpaired) electrons. The zero-order valence-electron chi connectivity index (χ0n) is 10.6. The number of rotatable bonds is 2. The first-order chi connectivity index (χ1) is 8.90. The molecule has 19 heavy (non-hydrogen) atoms. The first-order valence-corrected chi connectivity index (χ1v) is 9.64. The van der Waals surface area contributed by atoms with Crippen LogP contribution in [0.5, 0.6) is 0 Å². The van der Waals surface area contributed by atoms with Gasteiger partial charge in [-0.2, -0.15) is 8.42 Å². The predicted octanol–water partition coefficient (Wildman–Crippen LogP) is 2.37. The zero-order valence-corrected chi connectivity index (χ0v) is 13.6. The summed E-state index contributed by atoms with van der Waals surface area (Å²) >= 11 is -0.972. The highest BCUT2D eigenvalue weighted by molar-refractivity contribution is 14.1. The molecule has 0 amide bonds. The van der Waals surface area contributed by atoms with Crippen LogP contribution in [0.1, 0.15) is 43.6 Å². The SMILES string of the molecule is NS(N)(=O)=O.O=Ic1ccc(C2CCCCC2)cc1. The molecule has 0 bridgehead atoms. The van der Waals surface area contributed by atoms with Gasteiger partial charge in [0.15, 0.2) is 21.2 Å². The van der Waals surface area contributed by atoms with Crippen LogP contribution in [-0.2, 0) is 13.3 Å². The molecule has 2 rings (SSSR count). The van der Waals surface area contributed by atoms with Crippen molar-refractivity contribution in [3.05, 3.63) is 33.4 Å². The van der Waals surface area contributed by atoms with Crippen molar-refractivity contribution in [2.75, 3.05) is 0 Å². The van der Waals surface area contributed by atoms with E-state index in [4.69, 9.17) is 0 Å². The summed E-state index contributed by atoms with van der Waals surface area (Å²) in [6, 6.07) is 8.40. The quantitative estimate of drug-likeness (QED) is 0.748. The molecule has 0 aliphatic heterocycles. The van der Waals surface area contributed by atoms with Crippen molar-refractivity contribution in [2.24, 2.45) is 10.3 Å². The smallest absolute Gasteiger partial charge is 0.265 e. The standard InChI is InChI=1S/C12H15IO.H4N2O2S/c14-13-12-8-6-11(7-9-12)10-4-2-1-3-5-10;1-5(2,3)4/h6-10H,1-5H2;(H4,1,2,3,4). The fraction of sp³-hybridized carbons (Fsp3) is 0.500. The lowest BCUT2D eigenvalue weighted by Crippen LogP contribution is -2.21. The zero-order chi connectivity index (χ0) is 14.3. The second-order valence-electron chi connectivity index (χ2n) is 4.55. The van der Waals surface area contributed by atoms with Gasteiger partial charge in [0.2, 0.25) is 0 Å². The van der Waals surface area contributed by atoms with Crippen molar-refractivity contribution in [2.45, 2.75) is 38.0 Å². The van der Waals surface area contributed by atoms with Crippen LogP contribution in [0, 0.1) is 3.57 Å². The molecule has 0 unspecified atom stereocenters. The fourth-order valence-corrected chi connectivity index (χ4v) is 2.88. The number of benzene rings is 1. The summed E-state index contributed by atoms with van der Waals surface area (Å²) in [5, 5.41) is 8.21. The molecule has 1 aromatic rings. The van der Waals surface area contributed by atoms with E-state index >= 15 is 0 Å². The maximum absolute atomic E-state index is 10.7. The van der Waals surface area contributed by atoms with Gasteiger partial charge in [-0.1, -0.05) is 31.4 Å². The van der Waals surface area contributed by atoms with E-state index in [1.54, 1.807) is 0 Å². The molecule has 1 aromatic carbocycles. The van der Waals surface area contributed by atoms with Crippen molar-refractivity contribution in [3.8, 4) is 0 Å². The van der Waals surface area contributed by atoms with E-state index in [-0.39, 0.29) is 0 Å². The van der Waals surface area contributed by atoms with E-state index in [0.717, 1.165) is 9.49 Å². The lowest BCUT2D eigenvalue weighted by atomic mass is 9.84. The number of hydrogen-bond acceptors (Lipinski definition) is 3. The van der Waals surface area contributed by atoms with Crippen molar-refractivity contribution in [1.29, 1.82) is 0 Å². The number of nitrogens with two attached hydrogens (primary N) is 2. The summed E-state index contributed by atoms with van der Waals surface area (Å²) in [6.45, 7) is 0. The van der Waals surface area contributed by atoms with Crippen LogP contribution in [0.4, 0.5) is 0 Å². The molecule has 1 saturated carbocycles. The molecule has 1 fully saturated rings. The molecule has 5 nitrogen and oxygen atoms in total. The van der Waals surface area contributed by atoms with Gasteiger partial charge in [-0.15, -0.1) is 0 Å². The molecular weight excluding hydrogens is 379 g/mol. The lowest BCUT2D eigenvalue weighted by molar-refractivity contribution is 0.443. The van der Waals surface area contributed by atoms with Gasteiger partial charge in [-0.25, -0.2) is 10.3 Å². The van der Waals surface area contributed by atoms with E-state index < -0.39 is 31.4 Å². The molecule has 0 spiro atoms. The Hall–Kier alpha value is -0.380. The Labute approximate surface area is 124 Å². The second kappa shape index (κ2) is 8.03. The lowest BCUT2D eigenvalue weighted by Gasteiger charge is -2.21. The van der Waals surface area contributed by atoms with Gasteiger partial charge in [0.25, 0.3) is 10.2 Å². The summed E-state index contributed by atoms with van der Waals surface area (Å²) in [7, 11) is -3.67. The average molecular weight is 398 g/mol. The van der Waals surface area contributed by atoms with Crippen LogP contribution in [-0.4, -0.2) is 8.42 Å². The molecule has 0 saturated heterocycles. The Balaban J connectivity index is 0.000000312. The molecule has 0 aromatic heterocycles. The van der Waals surface area contributed by atoms with Crippen LogP contribution in [0.25, 0.3) is 0 Å². The van der Waals surface area contributed by atoms with Crippen LogP contribution < -0.4 is 10.3 Å². The van der Waals surface area contributed by atoms with E-state index in [9.17, 15) is 11.5 Å². The van der Waals surface area contributed by atoms with Crippen LogP contribution in [0.15, 0.2) is 24.3 Å². The van der Waals surface area contributed by atoms with Gasteiger partial charge < -0.3 is 0 Å². The second-order valence-corrected chi connectivity index (χ2v) is 7.42. The minimum Gasteiger partial charge on any atom is -0.265 e. The monoisotopic (exact) mass is 398 g/mol. The third kappa shape index (κ3) is 7.71. The highest BCUT2D eigenvalue weighted by Gasteiger charge is 2.14. The summed E-state index contributed by atoms with van der Waals surface area (Å²) in [5.41, 5.74) is 1.45. The third-order valence-corrected chi connectivity index (χ3v) is 4.26. The molecule has 4 N–H and O–H groups in total. The first-order valence-electron chi connectivity index (χ1n) is 6.07. The van der Waals surface area contributed by atoms with Crippen molar-refractivity contribution in [1.82, 2.24) is 0 Å². The van der Waals surface area contributed by atoms with Gasteiger partial charge in [0.05, 0.1) is 0 Å². The Morgan fingerprint density at radius 2 is 1.47 bits per heavy atom. The largest absolute Gasteiger partial charge is 0.271 e. The molecular formula is C12H19IN2O3S. The van der Waals surface area contributed by atoms with E-state index in [1.165, 1.54) is 37.7 Å². The third-order valence-electron chi connectivity index (χ3n) is 3.04. The van der Waals surface area contributed by atoms with Gasteiger partial charge in [0.1, 0.15) is 0 Å². The van der Waals surface area contributed by atoms with E-state index in [2.05, 4.69) is 22.4 Å². The van der Waals surface area contributed by atoms with Gasteiger partial charge in [-0.05, 0) is 36.5 Å². The first kappa shape index (κ1) is 16.7. The van der Waals surface area contributed by atoms with Crippen molar-refractivity contribution in [3.63, 3.8) is 0 Å². The minimum absolute atomic E-state index is 0.766. The molecule has 0 atom stereocenters. The van der Waals surface area contributed by atoms with Crippen LogP contribution >= 0.6 is 21.2 Å². The summed E-state index contributed by atoms with van der Waals surface area (Å²) in [6.07, 6.45) is 6.83. The summed E-state index contributed by atoms with van der Waals surface area (Å²) in [4.78, 5) is 0. The predicted molar refractivity (Wildman–Crippen MR) is 83.0 cm³/mol. The summed E-state index contributed by atoms with van der Waals surface area (Å²) < 4.78 is 30.1. The van der Waals surface area contributed by atoms with Gasteiger partial charge >= 0.3 is 0 Å². The van der Waals surface area contributed by atoms with Crippen LogP contribution in [0.2, 0.25) is 0 Å². The Morgan fingerprint density at radius 3 is 1.89 bits per heavy atom. The fourth-order valence-electron chi connectivity index (χ4n) is 2.22. The Bertz CT molecular complexity index is 488. The molecule has 108 valence electrons. The summed E-state index contributed by atoms with van der Waals surface area (Å²) in [5.74, 6) is 0.766. The van der Waals surface area contributed by atoms with E-state index in [0.29, 0.717) is 0 Å². The highest BCUT2D eigenvalue weighted by Crippen LogP contribution is 2.32. The molecule has 1 aliphatic carbocycles. The molecule has 1 aliphatic rings. The average Bonchev–Trinajstić information content (AvgIpc) is 2.38. The maximum Gasteiger partial charge on any atom is 0.271 e. The topological polar surface area (TPSA) is 103 Å². The van der Waals surface area contributed by atoms with Gasteiger partial charge in [-0.3, -0.25) is 3.07 Å². The van der Waals surface area contributed by atoms with E-state index in [1.807, 2.05) is 12.1 Å². The highest BCUT2D eigenvalue weighted by atomic mass is 127.